The summed E-state index contributed by atoms with van der Waals surface area (Å²) in [6.07, 6.45) is 3.86. The van der Waals surface area contributed by atoms with Gasteiger partial charge in [0.2, 0.25) is 0 Å². The van der Waals surface area contributed by atoms with Crippen molar-refractivity contribution in [1.82, 2.24) is 0 Å². The average molecular weight is 481 g/mol. The minimum Gasteiger partial charge on any atom is -0.213 e. The molecule has 138 valence electrons. The van der Waals surface area contributed by atoms with Gasteiger partial charge in [0.15, 0.2) is 12.8 Å². The molecule has 1 aliphatic carbocycles. The molecule has 27 heavy (non-hydrogen) atoms. The van der Waals surface area contributed by atoms with Crippen LogP contribution in [0.5, 0.6) is 0 Å². The first-order valence-corrected chi connectivity index (χ1v) is 12.0. The third kappa shape index (κ3) is 5.45. The van der Waals surface area contributed by atoms with E-state index in [1.165, 1.54) is 5.30 Å². The summed E-state index contributed by atoms with van der Waals surface area (Å²) >= 11 is 27.3. The molecule has 0 nitrogen and oxygen atoms in total. The van der Waals surface area contributed by atoms with Gasteiger partial charge < -0.3 is 0 Å². The second-order valence-corrected chi connectivity index (χ2v) is 10.6. The van der Waals surface area contributed by atoms with Crippen molar-refractivity contribution in [3.8, 4) is 0 Å². The Labute approximate surface area is 194 Å². The zero-order valence-electron chi connectivity index (χ0n) is 14.0. The Bertz CT molecular complexity index is 944. The highest BCUT2D eigenvalue weighted by molar-refractivity contribution is 7.87. The Morgan fingerprint density at radius 1 is 0.815 bits per heavy atom. The predicted octanol–water partition coefficient (Wildman–Crippen LogP) is 6.50. The highest BCUT2D eigenvalue weighted by atomic mass is 32.1. The lowest BCUT2D eigenvalue weighted by molar-refractivity contribution is 1.23. The molecule has 1 aliphatic rings. The molecular weight excluding hydrogens is 464 g/mol. The van der Waals surface area contributed by atoms with E-state index in [1.807, 2.05) is 42.5 Å². The SMILES string of the molecule is SC1=C[C-](S)C=C(S)C1=C[P+](=Cc1c(S)cc(S)cc1S)c1ccccc1. The van der Waals surface area contributed by atoms with Crippen LogP contribution in [-0.2, 0) is 0 Å². The third-order valence-corrected chi connectivity index (χ3v) is 7.80. The molecule has 0 bridgehead atoms. The maximum atomic E-state index is 4.63. The third-order valence-electron chi connectivity index (χ3n) is 3.83. The Hall–Kier alpha value is -0.200. The van der Waals surface area contributed by atoms with E-state index in [1.54, 1.807) is 0 Å². The second-order valence-electron chi connectivity index (χ2n) is 5.80. The minimum atomic E-state index is -0.788. The first-order chi connectivity index (χ1) is 12.8. The molecule has 0 N–H and O–H groups in total. The zero-order valence-corrected chi connectivity index (χ0v) is 20.2. The van der Waals surface area contributed by atoms with Crippen LogP contribution < -0.4 is 5.30 Å². The maximum Gasteiger partial charge on any atom is 0.161 e. The molecule has 0 aliphatic heterocycles. The second kappa shape index (κ2) is 9.53. The monoisotopic (exact) mass is 480 g/mol. The molecule has 0 aromatic heterocycles. The lowest BCUT2D eigenvalue weighted by Gasteiger charge is -2.23. The number of rotatable bonds is 3. The lowest BCUT2D eigenvalue weighted by atomic mass is 10.1. The van der Waals surface area contributed by atoms with Crippen LogP contribution in [0.4, 0.5) is 0 Å². The molecule has 1 unspecified atom stereocenters. The minimum absolute atomic E-state index is 0.788. The largest absolute Gasteiger partial charge is 0.213 e. The molecule has 1 atom stereocenters. The molecule has 0 spiro atoms. The molecule has 3 rings (SSSR count). The van der Waals surface area contributed by atoms with Gasteiger partial charge in [0, 0.05) is 20.2 Å². The van der Waals surface area contributed by atoms with Gasteiger partial charge in [-0.2, -0.15) is 0 Å². The van der Waals surface area contributed by atoms with E-state index in [-0.39, 0.29) is 0 Å². The van der Waals surface area contributed by atoms with E-state index in [2.05, 4.69) is 99.5 Å². The fourth-order valence-electron chi connectivity index (χ4n) is 2.55. The Morgan fingerprint density at radius 2 is 1.37 bits per heavy atom. The van der Waals surface area contributed by atoms with E-state index in [4.69, 9.17) is 0 Å². The van der Waals surface area contributed by atoms with E-state index >= 15 is 0 Å². The summed E-state index contributed by atoms with van der Waals surface area (Å²) in [4.78, 5) is 4.26. The molecule has 0 saturated heterocycles. The number of hydrogen-bond donors (Lipinski definition) is 6. The predicted molar refractivity (Wildman–Crippen MR) is 141 cm³/mol. The molecule has 0 saturated carbocycles. The smallest absolute Gasteiger partial charge is 0.161 e. The first-order valence-electron chi connectivity index (χ1n) is 7.88. The van der Waals surface area contributed by atoms with Crippen molar-refractivity contribution in [3.63, 3.8) is 0 Å². The summed E-state index contributed by atoms with van der Waals surface area (Å²) in [7, 11) is -0.788. The maximum absolute atomic E-state index is 4.63. The van der Waals surface area contributed by atoms with Crippen LogP contribution in [0.3, 0.4) is 0 Å². The van der Waals surface area contributed by atoms with Gasteiger partial charge >= 0.3 is 0 Å². The van der Waals surface area contributed by atoms with Gasteiger partial charge in [-0.1, -0.05) is 33.6 Å². The van der Waals surface area contributed by atoms with E-state index in [0.717, 1.165) is 40.9 Å². The van der Waals surface area contributed by atoms with Crippen molar-refractivity contribution in [3.05, 3.63) is 86.6 Å². The van der Waals surface area contributed by atoms with Crippen LogP contribution in [0, 0.1) is 5.25 Å². The summed E-state index contributed by atoms with van der Waals surface area (Å²) in [5.74, 6) is 4.44. The van der Waals surface area contributed by atoms with E-state index in [9.17, 15) is 0 Å². The summed E-state index contributed by atoms with van der Waals surface area (Å²) < 4.78 is 0. The number of thiol groups is 6. The summed E-state index contributed by atoms with van der Waals surface area (Å²) in [5.41, 5.74) is 2.00. The Balaban J connectivity index is 2.19. The molecule has 2 aromatic carbocycles. The van der Waals surface area contributed by atoms with Gasteiger partial charge in [-0.05, 0) is 24.3 Å². The number of hydrogen-bond acceptors (Lipinski definition) is 6. The molecular formula is C20H17PS6. The van der Waals surface area contributed by atoms with Crippen molar-refractivity contribution in [1.29, 1.82) is 0 Å². The quantitative estimate of drug-likeness (QED) is 0.161. The number of benzene rings is 2. The van der Waals surface area contributed by atoms with E-state index in [0.29, 0.717) is 0 Å². The highest BCUT2D eigenvalue weighted by Gasteiger charge is 2.17. The molecule has 2 aromatic rings. The van der Waals surface area contributed by atoms with Crippen molar-refractivity contribution < 1.29 is 0 Å². The Morgan fingerprint density at radius 3 is 1.93 bits per heavy atom. The molecule has 7 heteroatoms. The highest BCUT2D eigenvalue weighted by Crippen LogP contribution is 2.40. The average Bonchev–Trinajstić information content (AvgIpc) is 2.59. The van der Waals surface area contributed by atoms with Crippen molar-refractivity contribution in [2.75, 3.05) is 0 Å². The summed E-state index contributed by atoms with van der Waals surface area (Å²) in [6.45, 7) is 0. The van der Waals surface area contributed by atoms with Crippen LogP contribution in [-0.4, -0.2) is 5.80 Å². The topological polar surface area (TPSA) is 0 Å². The van der Waals surface area contributed by atoms with Gasteiger partial charge in [-0.15, -0.1) is 55.3 Å². The first kappa shape index (κ1) is 21.5. The van der Waals surface area contributed by atoms with Gasteiger partial charge in [-0.25, -0.2) is 37.9 Å². The van der Waals surface area contributed by atoms with Gasteiger partial charge in [0.1, 0.15) is 11.6 Å². The van der Waals surface area contributed by atoms with E-state index < -0.39 is 7.55 Å². The summed E-state index contributed by atoms with van der Waals surface area (Å²) in [5, 5.41) is 2.06. The van der Waals surface area contributed by atoms with Crippen LogP contribution in [0.2, 0.25) is 0 Å². The summed E-state index contributed by atoms with van der Waals surface area (Å²) in [6, 6.07) is 14.2. The van der Waals surface area contributed by atoms with Crippen LogP contribution in [0.25, 0.3) is 0 Å². The number of allylic oxidation sites excluding steroid dienone is 2. The van der Waals surface area contributed by atoms with Gasteiger partial charge in [0.25, 0.3) is 0 Å². The van der Waals surface area contributed by atoms with Crippen LogP contribution in [0.1, 0.15) is 5.56 Å². The normalized spacial score (nSPS) is 14.8. The van der Waals surface area contributed by atoms with Crippen molar-refractivity contribution in [2.24, 2.45) is 0 Å². The standard InChI is InChI=1S/C20H17PS6/c22-13-6-17(24)15(18(25)7-13)10-21(12-4-2-1-3-5-12)11-16-19(26)8-14(23)9-20(16)27/h1-11,22-27H. The van der Waals surface area contributed by atoms with Gasteiger partial charge in [0.05, 0.1) is 0 Å². The van der Waals surface area contributed by atoms with Crippen molar-refractivity contribution >= 4 is 94.4 Å². The fourth-order valence-corrected chi connectivity index (χ4v) is 7.35. The molecule has 0 radical (unpaired) electrons. The van der Waals surface area contributed by atoms with Crippen LogP contribution >= 0.6 is 83.3 Å². The molecule has 0 fully saturated rings. The van der Waals surface area contributed by atoms with Gasteiger partial charge in [-0.3, -0.25) is 0 Å². The van der Waals surface area contributed by atoms with Crippen molar-refractivity contribution in [2.45, 2.75) is 14.7 Å². The molecule has 0 amide bonds. The lowest BCUT2D eigenvalue weighted by Crippen LogP contribution is -2.00. The molecule has 0 heterocycles. The zero-order chi connectivity index (χ0) is 19.6. The fraction of sp³-hybridized carbons (Fsp3) is 0. The Kier molecular flexibility index (Phi) is 7.59. The van der Waals surface area contributed by atoms with Crippen LogP contribution in [0.15, 0.2) is 90.5 Å².